The van der Waals surface area contributed by atoms with Crippen LogP contribution in [0.1, 0.15) is 15.9 Å². The van der Waals surface area contributed by atoms with Gasteiger partial charge >= 0.3 is 0 Å². The Hall–Kier alpha value is -2.87. The molecule has 7 nitrogen and oxygen atoms in total. The van der Waals surface area contributed by atoms with E-state index in [0.717, 1.165) is 16.1 Å². The summed E-state index contributed by atoms with van der Waals surface area (Å²) in [5, 5.41) is 13.5. The number of aromatic carboxylic acids is 1. The molecule has 0 aliphatic carbocycles. The predicted octanol–water partition coefficient (Wildman–Crippen LogP) is 0.763. The summed E-state index contributed by atoms with van der Waals surface area (Å²) in [4.78, 5) is 23.3. The molecule has 1 amide bonds. The van der Waals surface area contributed by atoms with Crippen molar-refractivity contribution < 1.29 is 23.1 Å². The number of hydrogen-bond donors (Lipinski definition) is 1. The second-order valence-electron chi connectivity index (χ2n) is 5.49. The molecule has 1 N–H and O–H groups in total. The molecule has 0 aromatic heterocycles. The molecule has 25 heavy (non-hydrogen) atoms. The van der Waals surface area contributed by atoms with Crippen molar-refractivity contribution >= 4 is 33.3 Å². The van der Waals surface area contributed by atoms with Crippen LogP contribution in [0, 0.1) is 6.92 Å². The number of nitrogens with one attached hydrogen (secondary N) is 1. The molecule has 0 spiro atoms. The van der Waals surface area contributed by atoms with Gasteiger partial charge < -0.3 is 15.2 Å². The first kappa shape index (κ1) is 18.5. The maximum Gasteiger partial charge on any atom is 0.245 e. The number of sulfonamides is 1. The van der Waals surface area contributed by atoms with Gasteiger partial charge in [-0.2, -0.15) is 0 Å². The minimum Gasteiger partial charge on any atom is -0.545 e. The van der Waals surface area contributed by atoms with E-state index in [2.05, 4.69) is 5.32 Å². The van der Waals surface area contributed by atoms with E-state index in [4.69, 9.17) is 0 Å². The van der Waals surface area contributed by atoms with Crippen molar-refractivity contribution in [3.8, 4) is 0 Å². The van der Waals surface area contributed by atoms with Crippen LogP contribution in [0.5, 0.6) is 0 Å². The van der Waals surface area contributed by atoms with E-state index >= 15 is 0 Å². The second kappa shape index (κ2) is 7.35. The molecule has 2 aromatic rings. The van der Waals surface area contributed by atoms with E-state index in [1.807, 2.05) is 6.92 Å². The van der Waals surface area contributed by atoms with Gasteiger partial charge in [-0.1, -0.05) is 35.9 Å². The number of carbonyl (C=O) groups excluding carboxylic acids is 2. The Kier molecular flexibility index (Phi) is 5.43. The Balaban J connectivity index is 2.24. The molecule has 0 saturated carbocycles. The summed E-state index contributed by atoms with van der Waals surface area (Å²) in [5.41, 5.74) is 1.16. The van der Waals surface area contributed by atoms with Crippen LogP contribution >= 0.6 is 0 Å². The van der Waals surface area contributed by atoms with Crippen molar-refractivity contribution in [2.45, 2.75) is 6.92 Å². The fraction of sp³-hybridized carbons (Fsp3) is 0.176. The van der Waals surface area contributed by atoms with E-state index in [-0.39, 0.29) is 11.3 Å². The van der Waals surface area contributed by atoms with Crippen molar-refractivity contribution in [2.24, 2.45) is 0 Å². The Morgan fingerprint density at radius 3 is 2.24 bits per heavy atom. The fourth-order valence-electron chi connectivity index (χ4n) is 2.20. The lowest BCUT2D eigenvalue weighted by molar-refractivity contribution is -0.254. The lowest BCUT2D eigenvalue weighted by Crippen LogP contribution is -2.37. The lowest BCUT2D eigenvalue weighted by Gasteiger charge is -2.22. The molecule has 8 heteroatoms. The molecular formula is C17H17N2O5S-. The third-order valence-electron chi connectivity index (χ3n) is 3.43. The van der Waals surface area contributed by atoms with Gasteiger partial charge in [0.15, 0.2) is 0 Å². The van der Waals surface area contributed by atoms with E-state index in [1.165, 1.54) is 18.2 Å². The first-order chi connectivity index (χ1) is 11.7. The maximum absolute atomic E-state index is 12.3. The molecule has 0 fully saturated rings. The molecular weight excluding hydrogens is 344 g/mol. The number of anilines is 2. The standard InChI is InChI=1S/C17H18N2O5S/c1-12-7-9-13(10-8-12)19(25(2,23)24)11-16(20)18-15-6-4-3-5-14(15)17(21)22/h3-10H,11H2,1-2H3,(H,18,20)(H,21,22)/p-1. The Morgan fingerprint density at radius 1 is 1.08 bits per heavy atom. The average molecular weight is 361 g/mol. The largest absolute Gasteiger partial charge is 0.545 e. The van der Waals surface area contributed by atoms with Crippen LogP contribution in [0.2, 0.25) is 0 Å². The zero-order chi connectivity index (χ0) is 18.6. The van der Waals surface area contributed by atoms with Crippen molar-refractivity contribution in [3.63, 3.8) is 0 Å². The van der Waals surface area contributed by atoms with E-state index in [1.54, 1.807) is 30.3 Å². The highest BCUT2D eigenvalue weighted by Gasteiger charge is 2.21. The van der Waals surface area contributed by atoms with Crippen LogP contribution < -0.4 is 14.7 Å². The molecule has 0 saturated heterocycles. The minimum atomic E-state index is -3.70. The quantitative estimate of drug-likeness (QED) is 0.818. The van der Waals surface area contributed by atoms with Crippen molar-refractivity contribution in [3.05, 3.63) is 59.7 Å². The summed E-state index contributed by atoms with van der Waals surface area (Å²) in [7, 11) is -3.70. The Bertz CT molecular complexity index is 892. The summed E-state index contributed by atoms with van der Waals surface area (Å²) in [6.45, 7) is 1.38. The predicted molar refractivity (Wildman–Crippen MR) is 92.8 cm³/mol. The van der Waals surface area contributed by atoms with Gasteiger partial charge in [0.25, 0.3) is 0 Å². The summed E-state index contributed by atoms with van der Waals surface area (Å²) >= 11 is 0. The van der Waals surface area contributed by atoms with Crippen LogP contribution in [0.25, 0.3) is 0 Å². The van der Waals surface area contributed by atoms with E-state index in [0.29, 0.717) is 5.69 Å². The van der Waals surface area contributed by atoms with Gasteiger partial charge in [-0.25, -0.2) is 8.42 Å². The SMILES string of the molecule is Cc1ccc(N(CC(=O)Nc2ccccc2C(=O)[O-])S(C)(=O)=O)cc1. The number of amides is 1. The normalized spacial score (nSPS) is 11.0. The van der Waals surface area contributed by atoms with Crippen LogP contribution in [0.15, 0.2) is 48.5 Å². The maximum atomic E-state index is 12.3. The number of carboxylic acids is 1. The Labute approximate surface area is 146 Å². The topological polar surface area (TPSA) is 107 Å². The van der Waals surface area contributed by atoms with Gasteiger partial charge in [0.05, 0.1) is 17.9 Å². The molecule has 2 rings (SSSR count). The smallest absolute Gasteiger partial charge is 0.245 e. The molecule has 0 aliphatic rings. The zero-order valence-corrected chi connectivity index (χ0v) is 14.5. The Morgan fingerprint density at radius 2 is 1.68 bits per heavy atom. The summed E-state index contributed by atoms with van der Waals surface area (Å²) in [6.07, 6.45) is 0.995. The molecule has 2 aromatic carbocycles. The monoisotopic (exact) mass is 361 g/mol. The number of aryl methyl sites for hydroxylation is 1. The molecule has 0 atom stereocenters. The van der Waals surface area contributed by atoms with Crippen LogP contribution in [0.4, 0.5) is 11.4 Å². The van der Waals surface area contributed by atoms with Gasteiger partial charge in [0.2, 0.25) is 15.9 Å². The molecule has 0 unspecified atom stereocenters. The summed E-state index contributed by atoms with van der Waals surface area (Å²) < 4.78 is 25.0. The van der Waals surface area contributed by atoms with Crippen molar-refractivity contribution in [1.82, 2.24) is 0 Å². The molecule has 0 aliphatic heterocycles. The van der Waals surface area contributed by atoms with Crippen LogP contribution in [-0.2, 0) is 14.8 Å². The first-order valence-corrected chi connectivity index (χ1v) is 9.18. The fourth-order valence-corrected chi connectivity index (χ4v) is 3.06. The van der Waals surface area contributed by atoms with Crippen LogP contribution in [0.3, 0.4) is 0 Å². The number of benzene rings is 2. The van der Waals surface area contributed by atoms with E-state index < -0.39 is 28.4 Å². The van der Waals surface area contributed by atoms with Gasteiger partial charge in [-0.3, -0.25) is 9.10 Å². The average Bonchev–Trinajstić information content (AvgIpc) is 2.53. The second-order valence-corrected chi connectivity index (χ2v) is 7.39. The number of carbonyl (C=O) groups is 2. The van der Waals surface area contributed by atoms with Crippen molar-refractivity contribution in [2.75, 3.05) is 22.4 Å². The van der Waals surface area contributed by atoms with Gasteiger partial charge in [0.1, 0.15) is 6.54 Å². The highest BCUT2D eigenvalue weighted by molar-refractivity contribution is 7.92. The molecule has 0 heterocycles. The van der Waals surface area contributed by atoms with E-state index in [9.17, 15) is 23.1 Å². The molecule has 132 valence electrons. The number of rotatable bonds is 6. The first-order valence-electron chi connectivity index (χ1n) is 7.33. The molecule has 0 radical (unpaired) electrons. The van der Waals surface area contributed by atoms with Crippen molar-refractivity contribution in [1.29, 1.82) is 0 Å². The van der Waals surface area contributed by atoms with Crippen LogP contribution in [-0.4, -0.2) is 33.1 Å². The van der Waals surface area contributed by atoms with Gasteiger partial charge in [-0.05, 0) is 25.1 Å². The third kappa shape index (κ3) is 4.80. The zero-order valence-electron chi connectivity index (χ0n) is 13.7. The summed E-state index contributed by atoms with van der Waals surface area (Å²) in [5.74, 6) is -2.10. The summed E-state index contributed by atoms with van der Waals surface area (Å²) in [6, 6.07) is 12.4. The van der Waals surface area contributed by atoms with Gasteiger partial charge in [-0.15, -0.1) is 0 Å². The highest BCUT2D eigenvalue weighted by atomic mass is 32.2. The number of carboxylic acid groups (broad SMARTS) is 1. The number of para-hydroxylation sites is 1. The number of nitrogens with zero attached hydrogens (tertiary/aromatic N) is 1. The molecule has 0 bridgehead atoms. The minimum absolute atomic E-state index is 0.0462. The van der Waals surface area contributed by atoms with Gasteiger partial charge in [0, 0.05) is 11.3 Å². The number of hydrogen-bond acceptors (Lipinski definition) is 5. The highest BCUT2D eigenvalue weighted by Crippen LogP contribution is 2.19. The lowest BCUT2D eigenvalue weighted by atomic mass is 10.2. The third-order valence-corrected chi connectivity index (χ3v) is 4.57.